The summed E-state index contributed by atoms with van der Waals surface area (Å²) in [4.78, 5) is 2.36. The van der Waals surface area contributed by atoms with Gasteiger partial charge in [-0.3, -0.25) is 0 Å². The highest BCUT2D eigenvalue weighted by Crippen LogP contribution is 2.30. The summed E-state index contributed by atoms with van der Waals surface area (Å²) in [6.45, 7) is 5.11. The Labute approximate surface area is 127 Å². The highest BCUT2D eigenvalue weighted by molar-refractivity contribution is 5.42. The van der Waals surface area contributed by atoms with Gasteiger partial charge in [0, 0.05) is 18.2 Å². The van der Waals surface area contributed by atoms with Crippen LogP contribution in [0.15, 0.2) is 18.2 Å². The summed E-state index contributed by atoms with van der Waals surface area (Å²) in [6.07, 6.45) is 3.19. The predicted octanol–water partition coefficient (Wildman–Crippen LogP) is 2.86. The first kappa shape index (κ1) is 16.1. The minimum absolute atomic E-state index is 0.528. The Balaban J connectivity index is 2.03. The van der Waals surface area contributed by atoms with Crippen LogP contribution in [0.5, 0.6) is 11.5 Å². The number of nitrogens with zero attached hydrogens (tertiary/aromatic N) is 1. The smallest absolute Gasteiger partial charge is 0.128 e. The molecule has 21 heavy (non-hydrogen) atoms. The number of hydrogen-bond acceptors (Lipinski definition) is 4. The van der Waals surface area contributed by atoms with Crippen LogP contribution in [0.4, 0.5) is 0 Å². The second-order valence-corrected chi connectivity index (χ2v) is 5.96. The van der Waals surface area contributed by atoms with Crippen molar-refractivity contribution in [2.45, 2.75) is 32.3 Å². The van der Waals surface area contributed by atoms with Gasteiger partial charge in [0.05, 0.1) is 20.3 Å². The fraction of sp³-hybridized carbons (Fsp3) is 0.647. The maximum absolute atomic E-state index is 10.5. The fourth-order valence-electron chi connectivity index (χ4n) is 2.94. The van der Waals surface area contributed by atoms with Crippen molar-refractivity contribution >= 4 is 0 Å². The molecule has 1 aromatic carbocycles. The molecule has 0 radical (unpaired) electrons. The molecule has 1 aliphatic heterocycles. The van der Waals surface area contributed by atoms with Crippen molar-refractivity contribution in [1.29, 1.82) is 0 Å². The molecular formula is C17H27NO3. The molecule has 4 heteroatoms. The number of β-amino-alcohol motifs (C(OH)–C–C–N with tert-alkyl or cyclic N) is 1. The average Bonchev–Trinajstić information content (AvgIpc) is 2.71. The van der Waals surface area contributed by atoms with Crippen molar-refractivity contribution < 1.29 is 14.6 Å². The van der Waals surface area contributed by atoms with Gasteiger partial charge < -0.3 is 19.5 Å². The molecule has 2 unspecified atom stereocenters. The summed E-state index contributed by atoms with van der Waals surface area (Å²) in [5, 5.41) is 10.5. The van der Waals surface area contributed by atoms with Crippen molar-refractivity contribution in [3.63, 3.8) is 0 Å². The SMILES string of the molecule is COc1ccc(C(O)CN2CCCC(C)CC2)c(OC)c1. The van der Waals surface area contributed by atoms with Gasteiger partial charge in [0.25, 0.3) is 0 Å². The molecule has 1 aromatic rings. The van der Waals surface area contributed by atoms with Gasteiger partial charge in [0.15, 0.2) is 0 Å². The number of likely N-dealkylation sites (tertiary alicyclic amines) is 1. The largest absolute Gasteiger partial charge is 0.497 e. The summed E-state index contributed by atoms with van der Waals surface area (Å²) in [6, 6.07) is 5.58. The van der Waals surface area contributed by atoms with Gasteiger partial charge in [0.1, 0.15) is 11.5 Å². The Morgan fingerprint density at radius 2 is 2.05 bits per heavy atom. The van der Waals surface area contributed by atoms with Crippen LogP contribution in [0.1, 0.15) is 37.9 Å². The van der Waals surface area contributed by atoms with Crippen LogP contribution in [-0.4, -0.2) is 43.9 Å². The molecule has 2 rings (SSSR count). The summed E-state index contributed by atoms with van der Waals surface area (Å²) in [5.74, 6) is 2.22. The molecule has 0 saturated carbocycles. The van der Waals surface area contributed by atoms with Gasteiger partial charge in [-0.15, -0.1) is 0 Å². The Morgan fingerprint density at radius 3 is 2.76 bits per heavy atom. The zero-order valence-electron chi connectivity index (χ0n) is 13.3. The molecule has 4 nitrogen and oxygen atoms in total. The third-order valence-corrected chi connectivity index (χ3v) is 4.34. The lowest BCUT2D eigenvalue weighted by molar-refractivity contribution is 0.112. The zero-order chi connectivity index (χ0) is 15.2. The van der Waals surface area contributed by atoms with Crippen LogP contribution < -0.4 is 9.47 Å². The van der Waals surface area contributed by atoms with Gasteiger partial charge in [-0.05, 0) is 50.4 Å². The van der Waals surface area contributed by atoms with Crippen LogP contribution in [-0.2, 0) is 0 Å². The molecule has 1 heterocycles. The molecule has 1 saturated heterocycles. The van der Waals surface area contributed by atoms with Gasteiger partial charge >= 0.3 is 0 Å². The van der Waals surface area contributed by atoms with E-state index in [9.17, 15) is 5.11 Å². The Hall–Kier alpha value is -1.26. The van der Waals surface area contributed by atoms with Crippen LogP contribution >= 0.6 is 0 Å². The lowest BCUT2D eigenvalue weighted by Gasteiger charge is -2.24. The van der Waals surface area contributed by atoms with Crippen molar-refractivity contribution in [2.24, 2.45) is 5.92 Å². The van der Waals surface area contributed by atoms with Crippen molar-refractivity contribution in [1.82, 2.24) is 4.90 Å². The normalized spacial score (nSPS) is 21.6. The first-order chi connectivity index (χ1) is 10.1. The summed E-state index contributed by atoms with van der Waals surface area (Å²) >= 11 is 0. The van der Waals surface area contributed by atoms with Gasteiger partial charge in [0.2, 0.25) is 0 Å². The summed E-state index contributed by atoms with van der Waals surface area (Å²) < 4.78 is 10.6. The molecule has 0 bridgehead atoms. The number of benzene rings is 1. The number of methoxy groups -OCH3 is 2. The summed E-state index contributed by atoms with van der Waals surface area (Å²) in [7, 11) is 3.25. The molecule has 0 amide bonds. The standard InChI is InChI=1S/C17H27NO3/c1-13-5-4-9-18(10-8-13)12-16(19)15-7-6-14(20-2)11-17(15)21-3/h6-7,11,13,16,19H,4-5,8-10,12H2,1-3H3. The van der Waals surface area contributed by atoms with Crippen molar-refractivity contribution in [3.05, 3.63) is 23.8 Å². The molecule has 1 fully saturated rings. The van der Waals surface area contributed by atoms with E-state index in [4.69, 9.17) is 9.47 Å². The van der Waals surface area contributed by atoms with Crippen LogP contribution in [0.2, 0.25) is 0 Å². The highest BCUT2D eigenvalue weighted by atomic mass is 16.5. The van der Waals surface area contributed by atoms with Gasteiger partial charge in [-0.1, -0.05) is 6.92 Å². The quantitative estimate of drug-likeness (QED) is 0.906. The Kier molecular flexibility index (Phi) is 5.88. The monoisotopic (exact) mass is 293 g/mol. The lowest BCUT2D eigenvalue weighted by Crippen LogP contribution is -2.30. The van der Waals surface area contributed by atoms with Gasteiger partial charge in [-0.25, -0.2) is 0 Å². The number of aliphatic hydroxyl groups is 1. The lowest BCUT2D eigenvalue weighted by atomic mass is 10.0. The fourth-order valence-corrected chi connectivity index (χ4v) is 2.94. The van der Waals surface area contributed by atoms with Crippen LogP contribution in [0.25, 0.3) is 0 Å². The summed E-state index contributed by atoms with van der Waals surface area (Å²) in [5.41, 5.74) is 0.829. The number of aliphatic hydroxyl groups excluding tert-OH is 1. The highest BCUT2D eigenvalue weighted by Gasteiger charge is 2.20. The van der Waals surface area contributed by atoms with E-state index in [1.807, 2.05) is 18.2 Å². The van der Waals surface area contributed by atoms with Gasteiger partial charge in [-0.2, -0.15) is 0 Å². The van der Waals surface area contributed by atoms with E-state index in [2.05, 4.69) is 11.8 Å². The first-order valence-electron chi connectivity index (χ1n) is 7.76. The van der Waals surface area contributed by atoms with E-state index in [-0.39, 0.29) is 0 Å². The number of hydrogen-bond donors (Lipinski definition) is 1. The first-order valence-corrected chi connectivity index (χ1v) is 7.76. The topological polar surface area (TPSA) is 41.9 Å². The van der Waals surface area contributed by atoms with Crippen LogP contribution in [0, 0.1) is 5.92 Å². The van der Waals surface area contributed by atoms with Crippen molar-refractivity contribution in [2.75, 3.05) is 33.9 Å². The van der Waals surface area contributed by atoms with E-state index in [1.54, 1.807) is 14.2 Å². The molecule has 0 spiro atoms. The number of rotatable bonds is 5. The third-order valence-electron chi connectivity index (χ3n) is 4.34. The van der Waals surface area contributed by atoms with E-state index in [0.29, 0.717) is 12.3 Å². The van der Waals surface area contributed by atoms with Crippen molar-refractivity contribution in [3.8, 4) is 11.5 Å². The molecule has 1 aliphatic rings. The molecule has 0 aliphatic carbocycles. The van der Waals surface area contributed by atoms with Crippen LogP contribution in [0.3, 0.4) is 0 Å². The van der Waals surface area contributed by atoms with E-state index < -0.39 is 6.10 Å². The Morgan fingerprint density at radius 1 is 1.24 bits per heavy atom. The minimum Gasteiger partial charge on any atom is -0.497 e. The third kappa shape index (κ3) is 4.35. The van der Waals surface area contributed by atoms with E-state index >= 15 is 0 Å². The zero-order valence-corrected chi connectivity index (χ0v) is 13.3. The maximum Gasteiger partial charge on any atom is 0.128 e. The number of ether oxygens (including phenoxy) is 2. The second kappa shape index (κ2) is 7.66. The molecular weight excluding hydrogens is 266 g/mol. The van der Waals surface area contributed by atoms with E-state index in [0.717, 1.165) is 30.3 Å². The predicted molar refractivity (Wildman–Crippen MR) is 84.0 cm³/mol. The molecule has 1 N–H and O–H groups in total. The molecule has 0 aromatic heterocycles. The second-order valence-electron chi connectivity index (χ2n) is 5.96. The molecule has 118 valence electrons. The maximum atomic E-state index is 10.5. The van der Waals surface area contributed by atoms with E-state index in [1.165, 1.54) is 19.3 Å². The minimum atomic E-state index is -0.528. The Bertz CT molecular complexity index is 450. The average molecular weight is 293 g/mol. The molecule has 2 atom stereocenters.